The van der Waals surface area contributed by atoms with E-state index < -0.39 is 0 Å². The SMILES string of the molecule is Cc1ccc(Oc2ccc(NC(=O)c3cc(C)nc4c3c(C)nn4C)cc2)cc1. The zero-order valence-corrected chi connectivity index (χ0v) is 16.9. The van der Waals surface area contributed by atoms with Gasteiger partial charge >= 0.3 is 0 Å². The van der Waals surface area contributed by atoms with Crippen molar-refractivity contribution >= 4 is 22.6 Å². The number of rotatable bonds is 4. The first kappa shape index (κ1) is 18.7. The quantitative estimate of drug-likeness (QED) is 0.539. The second-order valence-electron chi connectivity index (χ2n) is 7.11. The summed E-state index contributed by atoms with van der Waals surface area (Å²) in [4.78, 5) is 17.4. The van der Waals surface area contributed by atoms with Gasteiger partial charge in [0.2, 0.25) is 0 Å². The number of aryl methyl sites for hydroxylation is 4. The number of anilines is 1. The van der Waals surface area contributed by atoms with Gasteiger partial charge in [0.1, 0.15) is 11.5 Å². The fourth-order valence-electron chi connectivity index (χ4n) is 3.30. The van der Waals surface area contributed by atoms with Gasteiger partial charge in [-0.1, -0.05) is 17.7 Å². The van der Waals surface area contributed by atoms with Crippen molar-refractivity contribution in [1.29, 1.82) is 0 Å². The summed E-state index contributed by atoms with van der Waals surface area (Å²) < 4.78 is 7.54. The topological polar surface area (TPSA) is 69.0 Å². The maximum Gasteiger partial charge on any atom is 0.256 e. The van der Waals surface area contributed by atoms with Crippen molar-refractivity contribution in [3.05, 3.63) is 77.1 Å². The first-order chi connectivity index (χ1) is 13.9. The molecule has 2 heterocycles. The molecule has 0 unspecified atom stereocenters. The molecule has 0 aliphatic carbocycles. The third-order valence-electron chi connectivity index (χ3n) is 4.71. The molecule has 0 radical (unpaired) electrons. The highest BCUT2D eigenvalue weighted by Gasteiger charge is 2.17. The Labute approximate surface area is 169 Å². The summed E-state index contributed by atoms with van der Waals surface area (Å²) in [6.45, 7) is 5.79. The van der Waals surface area contributed by atoms with Crippen LogP contribution in [0.2, 0.25) is 0 Å². The summed E-state index contributed by atoms with van der Waals surface area (Å²) in [6, 6.07) is 17.0. The number of carbonyl (C=O) groups is 1. The van der Waals surface area contributed by atoms with E-state index in [9.17, 15) is 4.79 Å². The second-order valence-corrected chi connectivity index (χ2v) is 7.11. The standard InChI is InChI=1S/C23H22N4O2/c1-14-5-9-18(10-6-14)29-19-11-7-17(8-12-19)25-23(28)20-13-15(2)24-22-21(20)16(3)26-27(22)4/h5-13H,1-4H3,(H,25,28). The molecule has 29 heavy (non-hydrogen) atoms. The van der Waals surface area contributed by atoms with Gasteiger partial charge in [-0.2, -0.15) is 5.10 Å². The Morgan fingerprint density at radius 3 is 2.24 bits per heavy atom. The van der Waals surface area contributed by atoms with Gasteiger partial charge in [0.25, 0.3) is 5.91 Å². The van der Waals surface area contributed by atoms with Crippen molar-refractivity contribution in [2.24, 2.45) is 7.05 Å². The molecule has 6 nitrogen and oxygen atoms in total. The second kappa shape index (κ2) is 7.39. The predicted molar refractivity (Wildman–Crippen MR) is 114 cm³/mol. The van der Waals surface area contributed by atoms with Crippen LogP contribution in [-0.4, -0.2) is 20.7 Å². The lowest BCUT2D eigenvalue weighted by Gasteiger charge is -2.10. The molecule has 0 saturated heterocycles. The van der Waals surface area contributed by atoms with E-state index in [4.69, 9.17) is 4.74 Å². The van der Waals surface area contributed by atoms with Crippen LogP contribution in [0.3, 0.4) is 0 Å². The number of hydrogen-bond acceptors (Lipinski definition) is 4. The van der Waals surface area contributed by atoms with Gasteiger partial charge < -0.3 is 10.1 Å². The average molecular weight is 386 g/mol. The number of aromatic nitrogens is 3. The average Bonchev–Trinajstić information content (AvgIpc) is 2.98. The molecule has 0 aliphatic heterocycles. The maximum atomic E-state index is 12.9. The Morgan fingerprint density at radius 2 is 1.59 bits per heavy atom. The molecular formula is C23H22N4O2. The molecule has 0 atom stereocenters. The highest BCUT2D eigenvalue weighted by molar-refractivity contribution is 6.12. The van der Waals surface area contributed by atoms with Crippen molar-refractivity contribution < 1.29 is 9.53 Å². The number of carbonyl (C=O) groups excluding carboxylic acids is 1. The maximum absolute atomic E-state index is 12.9. The lowest BCUT2D eigenvalue weighted by atomic mass is 10.1. The molecule has 146 valence electrons. The fourth-order valence-corrected chi connectivity index (χ4v) is 3.30. The molecule has 0 fully saturated rings. The highest BCUT2D eigenvalue weighted by atomic mass is 16.5. The van der Waals surface area contributed by atoms with Crippen LogP contribution in [-0.2, 0) is 7.05 Å². The molecule has 6 heteroatoms. The van der Waals surface area contributed by atoms with Crippen LogP contribution in [0.5, 0.6) is 11.5 Å². The number of amides is 1. The summed E-state index contributed by atoms with van der Waals surface area (Å²) in [5.74, 6) is 1.29. The Bertz CT molecular complexity index is 1190. The molecule has 2 aromatic heterocycles. The zero-order valence-electron chi connectivity index (χ0n) is 16.9. The molecular weight excluding hydrogens is 364 g/mol. The number of hydrogen-bond donors (Lipinski definition) is 1. The van der Waals surface area contributed by atoms with Gasteiger partial charge in [0.05, 0.1) is 16.6 Å². The van der Waals surface area contributed by atoms with Gasteiger partial charge in [-0.05, 0) is 63.2 Å². The molecule has 2 aromatic carbocycles. The van der Waals surface area contributed by atoms with Crippen LogP contribution in [0.25, 0.3) is 11.0 Å². The molecule has 4 aromatic rings. The van der Waals surface area contributed by atoms with Gasteiger partial charge in [0.15, 0.2) is 5.65 Å². The minimum atomic E-state index is -0.191. The normalized spacial score (nSPS) is 10.9. The van der Waals surface area contributed by atoms with Crippen molar-refractivity contribution in [2.45, 2.75) is 20.8 Å². The third-order valence-corrected chi connectivity index (χ3v) is 4.71. The minimum Gasteiger partial charge on any atom is -0.457 e. The van der Waals surface area contributed by atoms with E-state index in [2.05, 4.69) is 15.4 Å². The van der Waals surface area contributed by atoms with E-state index in [1.54, 1.807) is 10.7 Å². The Kier molecular flexibility index (Phi) is 4.76. The summed E-state index contributed by atoms with van der Waals surface area (Å²) in [5, 5.41) is 8.12. The van der Waals surface area contributed by atoms with Crippen molar-refractivity contribution in [3.63, 3.8) is 0 Å². The predicted octanol–water partition coefficient (Wildman–Crippen LogP) is 4.94. The van der Waals surface area contributed by atoms with Gasteiger partial charge in [-0.25, -0.2) is 4.98 Å². The molecule has 4 rings (SSSR count). The van der Waals surface area contributed by atoms with Crippen LogP contribution >= 0.6 is 0 Å². The monoisotopic (exact) mass is 386 g/mol. The number of ether oxygens (including phenoxy) is 1. The van der Waals surface area contributed by atoms with E-state index in [0.29, 0.717) is 22.6 Å². The van der Waals surface area contributed by atoms with Crippen LogP contribution in [0.4, 0.5) is 5.69 Å². The van der Waals surface area contributed by atoms with Crippen LogP contribution in [0.1, 0.15) is 27.3 Å². The molecule has 1 amide bonds. The van der Waals surface area contributed by atoms with E-state index in [1.165, 1.54) is 5.56 Å². The number of nitrogens with one attached hydrogen (secondary N) is 1. The molecule has 0 spiro atoms. The van der Waals surface area contributed by atoms with E-state index in [0.717, 1.165) is 22.5 Å². The molecule has 0 bridgehead atoms. The third kappa shape index (κ3) is 3.82. The molecule has 0 aliphatic rings. The lowest BCUT2D eigenvalue weighted by molar-refractivity contribution is 0.102. The smallest absolute Gasteiger partial charge is 0.256 e. The van der Waals surface area contributed by atoms with Gasteiger partial charge in [-0.15, -0.1) is 0 Å². The molecule has 0 saturated carbocycles. The van der Waals surface area contributed by atoms with Crippen molar-refractivity contribution in [3.8, 4) is 11.5 Å². The molecule has 1 N–H and O–H groups in total. The van der Waals surface area contributed by atoms with Gasteiger partial charge in [-0.3, -0.25) is 9.48 Å². The van der Waals surface area contributed by atoms with Crippen LogP contribution in [0, 0.1) is 20.8 Å². The lowest BCUT2D eigenvalue weighted by Crippen LogP contribution is -2.13. The number of fused-ring (bicyclic) bond motifs is 1. The van der Waals surface area contributed by atoms with Crippen molar-refractivity contribution in [2.75, 3.05) is 5.32 Å². The fraction of sp³-hybridized carbons (Fsp3) is 0.174. The summed E-state index contributed by atoms with van der Waals surface area (Å²) >= 11 is 0. The Balaban J connectivity index is 1.54. The number of pyridine rings is 1. The Morgan fingerprint density at radius 1 is 0.966 bits per heavy atom. The van der Waals surface area contributed by atoms with E-state index in [1.807, 2.05) is 76.3 Å². The Hall–Kier alpha value is -3.67. The number of nitrogens with zero attached hydrogens (tertiary/aromatic N) is 3. The first-order valence-corrected chi connectivity index (χ1v) is 9.37. The van der Waals surface area contributed by atoms with E-state index in [-0.39, 0.29) is 5.91 Å². The highest BCUT2D eigenvalue weighted by Crippen LogP contribution is 2.25. The first-order valence-electron chi connectivity index (χ1n) is 9.37. The van der Waals surface area contributed by atoms with E-state index >= 15 is 0 Å². The zero-order chi connectivity index (χ0) is 20.5. The summed E-state index contributed by atoms with van der Waals surface area (Å²) in [7, 11) is 1.83. The van der Waals surface area contributed by atoms with Crippen LogP contribution in [0.15, 0.2) is 54.6 Å². The number of benzene rings is 2. The van der Waals surface area contributed by atoms with Crippen molar-refractivity contribution in [1.82, 2.24) is 14.8 Å². The largest absolute Gasteiger partial charge is 0.457 e. The summed E-state index contributed by atoms with van der Waals surface area (Å²) in [5.41, 5.74) is 4.69. The van der Waals surface area contributed by atoms with Crippen LogP contribution < -0.4 is 10.1 Å². The minimum absolute atomic E-state index is 0.191. The summed E-state index contributed by atoms with van der Waals surface area (Å²) in [6.07, 6.45) is 0. The van der Waals surface area contributed by atoms with Gasteiger partial charge in [0, 0.05) is 18.4 Å².